The molecular weight excluding hydrogens is 392 g/mol. The molecule has 6 heteroatoms. The summed E-state index contributed by atoms with van der Waals surface area (Å²) in [6.45, 7) is 0.840. The number of benzene rings is 3. The van der Waals surface area contributed by atoms with Crippen LogP contribution >= 0.6 is 0 Å². The molecule has 0 aromatic heterocycles. The number of nitrogens with zero attached hydrogens (tertiary/aromatic N) is 1. The topological polar surface area (TPSA) is 67.9 Å². The average molecular weight is 414 g/mol. The van der Waals surface area contributed by atoms with Gasteiger partial charge in [-0.1, -0.05) is 30.3 Å². The molecule has 0 radical (unpaired) electrons. The summed E-state index contributed by atoms with van der Waals surface area (Å²) < 4.78 is 11.4. The Balaban J connectivity index is 1.31. The van der Waals surface area contributed by atoms with Gasteiger partial charge in [0.1, 0.15) is 6.61 Å². The zero-order valence-electron chi connectivity index (χ0n) is 16.9. The van der Waals surface area contributed by atoms with Gasteiger partial charge in [-0.15, -0.1) is 0 Å². The van der Waals surface area contributed by atoms with Crippen molar-refractivity contribution in [3.63, 3.8) is 0 Å². The van der Waals surface area contributed by atoms with Crippen LogP contribution in [-0.4, -0.2) is 31.1 Å². The lowest BCUT2D eigenvalue weighted by Gasteiger charge is -2.30. The molecule has 3 aromatic rings. The van der Waals surface area contributed by atoms with Gasteiger partial charge < -0.3 is 19.7 Å². The second kappa shape index (κ2) is 8.14. The third kappa shape index (κ3) is 3.84. The van der Waals surface area contributed by atoms with Crippen LogP contribution in [0.5, 0.6) is 11.5 Å². The van der Waals surface area contributed by atoms with Crippen LogP contribution in [0.2, 0.25) is 0 Å². The fourth-order valence-corrected chi connectivity index (χ4v) is 3.99. The van der Waals surface area contributed by atoms with E-state index >= 15 is 0 Å². The van der Waals surface area contributed by atoms with Crippen LogP contribution in [0.4, 0.5) is 11.4 Å². The molecule has 0 bridgehead atoms. The van der Waals surface area contributed by atoms with Crippen molar-refractivity contribution in [2.24, 2.45) is 0 Å². The van der Waals surface area contributed by atoms with Gasteiger partial charge in [0, 0.05) is 23.5 Å². The average Bonchev–Trinajstić information content (AvgIpc) is 2.83. The normalized spacial score (nSPS) is 16.9. The smallest absolute Gasteiger partial charge is 0.269 e. The molecule has 6 nitrogen and oxygen atoms in total. The van der Waals surface area contributed by atoms with Crippen molar-refractivity contribution in [1.82, 2.24) is 0 Å². The van der Waals surface area contributed by atoms with Crippen LogP contribution in [0.1, 0.15) is 22.3 Å². The van der Waals surface area contributed by atoms with E-state index in [1.54, 1.807) is 6.07 Å². The first-order valence-electron chi connectivity index (χ1n) is 10.4. The minimum atomic E-state index is -0.720. The maximum absolute atomic E-state index is 13.0. The highest BCUT2D eigenvalue weighted by atomic mass is 16.6. The van der Waals surface area contributed by atoms with Crippen molar-refractivity contribution in [2.75, 3.05) is 23.4 Å². The van der Waals surface area contributed by atoms with Gasteiger partial charge in [0.25, 0.3) is 11.8 Å². The summed E-state index contributed by atoms with van der Waals surface area (Å²) in [5, 5.41) is 2.92. The summed E-state index contributed by atoms with van der Waals surface area (Å²) in [7, 11) is 0. The largest absolute Gasteiger partial charge is 0.485 e. The van der Waals surface area contributed by atoms with Crippen molar-refractivity contribution < 1.29 is 19.1 Å². The number of carbonyl (C=O) groups is 2. The maximum atomic E-state index is 13.0. The number of amides is 2. The number of fused-ring (bicyclic) bond motifs is 2. The second-order valence-corrected chi connectivity index (χ2v) is 7.62. The van der Waals surface area contributed by atoms with Gasteiger partial charge in [-0.2, -0.15) is 0 Å². The lowest BCUT2D eigenvalue weighted by atomic mass is 10.00. The number of anilines is 2. The quantitative estimate of drug-likeness (QED) is 0.702. The van der Waals surface area contributed by atoms with Crippen molar-refractivity contribution in [1.29, 1.82) is 0 Å². The lowest BCUT2D eigenvalue weighted by Crippen LogP contribution is -2.40. The molecule has 156 valence electrons. The SMILES string of the molecule is O=C(Nc1ccc2c(c1)CCCN2C(=O)c1ccccc1)C1COc2ccccc2O1. The van der Waals surface area contributed by atoms with Crippen LogP contribution in [-0.2, 0) is 11.2 Å². The van der Waals surface area contributed by atoms with Crippen LogP contribution in [0.3, 0.4) is 0 Å². The molecule has 0 fully saturated rings. The van der Waals surface area contributed by atoms with Crippen molar-refractivity contribution in [3.05, 3.63) is 83.9 Å². The molecule has 1 atom stereocenters. The first-order valence-corrected chi connectivity index (χ1v) is 10.4. The van der Waals surface area contributed by atoms with Gasteiger partial charge >= 0.3 is 0 Å². The lowest BCUT2D eigenvalue weighted by molar-refractivity contribution is -0.125. The van der Waals surface area contributed by atoms with Gasteiger partial charge in [0.15, 0.2) is 11.5 Å². The fraction of sp³-hybridized carbons (Fsp3) is 0.200. The molecule has 0 aliphatic carbocycles. The summed E-state index contributed by atoms with van der Waals surface area (Å²) in [6, 6.07) is 22.3. The minimum absolute atomic E-state index is 0.00949. The van der Waals surface area contributed by atoms with Gasteiger partial charge in [-0.05, 0) is 60.9 Å². The van der Waals surface area contributed by atoms with E-state index in [9.17, 15) is 9.59 Å². The van der Waals surface area contributed by atoms with Gasteiger partial charge in [0.05, 0.1) is 0 Å². The molecule has 31 heavy (non-hydrogen) atoms. The Hall–Kier alpha value is -3.80. The number of ether oxygens (including phenoxy) is 2. The number of para-hydroxylation sites is 2. The zero-order chi connectivity index (χ0) is 21.2. The summed E-state index contributed by atoms with van der Waals surface area (Å²) >= 11 is 0. The van der Waals surface area contributed by atoms with Gasteiger partial charge in [-0.3, -0.25) is 9.59 Å². The highest BCUT2D eigenvalue weighted by molar-refractivity contribution is 6.07. The molecule has 2 amide bonds. The molecule has 2 aliphatic heterocycles. The van der Waals surface area contributed by atoms with Crippen molar-refractivity contribution >= 4 is 23.2 Å². The van der Waals surface area contributed by atoms with Crippen molar-refractivity contribution in [2.45, 2.75) is 18.9 Å². The maximum Gasteiger partial charge on any atom is 0.269 e. The van der Waals surface area contributed by atoms with Gasteiger partial charge in [-0.25, -0.2) is 0 Å². The monoisotopic (exact) mass is 414 g/mol. The fourth-order valence-electron chi connectivity index (χ4n) is 3.99. The third-order valence-corrected chi connectivity index (χ3v) is 5.53. The van der Waals surface area contributed by atoms with Crippen LogP contribution in [0.25, 0.3) is 0 Å². The van der Waals surface area contributed by atoms with E-state index in [2.05, 4.69) is 5.32 Å². The first kappa shape index (κ1) is 19.2. The minimum Gasteiger partial charge on any atom is -0.485 e. The first-order chi connectivity index (χ1) is 15.2. The number of rotatable bonds is 3. The molecule has 0 saturated heterocycles. The molecule has 0 saturated carbocycles. The second-order valence-electron chi connectivity index (χ2n) is 7.62. The third-order valence-electron chi connectivity index (χ3n) is 5.53. The predicted molar refractivity (Wildman–Crippen MR) is 118 cm³/mol. The summed E-state index contributed by atoms with van der Waals surface area (Å²) in [4.78, 5) is 27.5. The van der Waals surface area contributed by atoms with E-state index in [-0.39, 0.29) is 18.4 Å². The summed E-state index contributed by atoms with van der Waals surface area (Å²) in [6.07, 6.45) is 1.01. The van der Waals surface area contributed by atoms with E-state index in [1.165, 1.54) is 0 Å². The molecule has 3 aromatic carbocycles. The number of carbonyl (C=O) groups excluding carboxylic acids is 2. The summed E-state index contributed by atoms with van der Waals surface area (Å²) in [5.74, 6) is 0.935. The number of hydrogen-bond acceptors (Lipinski definition) is 4. The predicted octanol–water partition coefficient (Wildman–Crippen LogP) is 4.06. The Bertz CT molecular complexity index is 1130. The molecule has 5 rings (SSSR count). The molecular formula is C25H22N2O4. The molecule has 2 heterocycles. The Morgan fingerprint density at radius 1 is 0.935 bits per heavy atom. The molecule has 0 spiro atoms. The van der Waals surface area contributed by atoms with Crippen molar-refractivity contribution in [3.8, 4) is 11.5 Å². The molecule has 2 aliphatic rings. The number of aryl methyl sites for hydroxylation is 1. The highest BCUT2D eigenvalue weighted by Gasteiger charge is 2.28. The Labute approximate surface area is 180 Å². The standard InChI is InChI=1S/C25H22N2O4/c28-24(23-16-30-21-10-4-5-11-22(21)31-23)26-19-12-13-20-18(15-19)9-6-14-27(20)25(29)17-7-2-1-3-8-17/h1-5,7-8,10-13,15,23H,6,9,14,16H2,(H,26,28). The number of nitrogens with one attached hydrogen (secondary N) is 1. The van der Waals surface area contributed by atoms with Gasteiger partial charge in [0.2, 0.25) is 6.10 Å². The molecule has 1 unspecified atom stereocenters. The van der Waals surface area contributed by atoms with Crippen LogP contribution in [0.15, 0.2) is 72.8 Å². The van der Waals surface area contributed by atoms with Crippen LogP contribution < -0.4 is 19.7 Å². The van der Waals surface area contributed by atoms with E-state index in [0.717, 1.165) is 24.1 Å². The van der Waals surface area contributed by atoms with E-state index in [4.69, 9.17) is 9.47 Å². The molecule has 1 N–H and O–H groups in total. The van der Waals surface area contributed by atoms with E-state index in [0.29, 0.717) is 29.3 Å². The van der Waals surface area contributed by atoms with E-state index in [1.807, 2.05) is 71.6 Å². The Kier molecular flexibility index (Phi) is 5.04. The van der Waals surface area contributed by atoms with Crippen LogP contribution in [0, 0.1) is 0 Å². The summed E-state index contributed by atoms with van der Waals surface area (Å²) in [5.41, 5.74) is 3.28. The highest BCUT2D eigenvalue weighted by Crippen LogP contribution is 2.33. The zero-order valence-corrected chi connectivity index (χ0v) is 16.9. The Morgan fingerprint density at radius 2 is 1.71 bits per heavy atom. The number of hydrogen-bond donors (Lipinski definition) is 1. The van der Waals surface area contributed by atoms with E-state index < -0.39 is 6.10 Å². The Morgan fingerprint density at radius 3 is 2.55 bits per heavy atom.